The molecular formula is C10H12F3S. The highest BCUT2D eigenvalue weighted by Gasteiger charge is 2.33. The molecule has 1 aromatic heterocycles. The summed E-state index contributed by atoms with van der Waals surface area (Å²) >= 11 is 1.01. The van der Waals surface area contributed by atoms with Gasteiger partial charge in [0.2, 0.25) is 0 Å². The second-order valence-electron chi connectivity index (χ2n) is 3.19. The Labute approximate surface area is 85.8 Å². The average Bonchev–Trinajstić information content (AvgIpc) is 2.52. The molecule has 1 heterocycles. The molecule has 0 spiro atoms. The number of hydrogen-bond donors (Lipinski definition) is 0. The molecule has 0 saturated heterocycles. The SMILES string of the molecule is CCCCCc1cs[c]c1C(F)(F)F. The normalized spacial score (nSPS) is 12.0. The highest BCUT2D eigenvalue weighted by atomic mass is 32.1. The molecule has 4 heteroatoms. The van der Waals surface area contributed by atoms with E-state index in [0.717, 1.165) is 30.6 Å². The summed E-state index contributed by atoms with van der Waals surface area (Å²) in [7, 11) is 0. The lowest BCUT2D eigenvalue weighted by atomic mass is 10.1. The van der Waals surface area contributed by atoms with Crippen molar-refractivity contribution < 1.29 is 13.2 Å². The van der Waals surface area contributed by atoms with Gasteiger partial charge in [-0.25, -0.2) is 0 Å². The summed E-state index contributed by atoms with van der Waals surface area (Å²) in [5.41, 5.74) is -0.172. The lowest BCUT2D eigenvalue weighted by molar-refractivity contribution is -0.138. The van der Waals surface area contributed by atoms with E-state index in [0.29, 0.717) is 12.0 Å². The second-order valence-corrected chi connectivity index (χ2v) is 3.87. The molecule has 1 radical (unpaired) electrons. The van der Waals surface area contributed by atoms with Gasteiger partial charge < -0.3 is 0 Å². The first kappa shape index (κ1) is 11.6. The van der Waals surface area contributed by atoms with E-state index in [1.54, 1.807) is 5.38 Å². The highest BCUT2D eigenvalue weighted by Crippen LogP contribution is 2.34. The minimum atomic E-state index is -4.23. The quantitative estimate of drug-likeness (QED) is 0.665. The van der Waals surface area contributed by atoms with E-state index in [1.165, 1.54) is 0 Å². The number of alkyl halides is 3. The van der Waals surface area contributed by atoms with Gasteiger partial charge in [-0.15, -0.1) is 11.3 Å². The van der Waals surface area contributed by atoms with E-state index in [-0.39, 0.29) is 0 Å². The van der Waals surface area contributed by atoms with Gasteiger partial charge >= 0.3 is 6.18 Å². The maximum absolute atomic E-state index is 12.4. The zero-order chi connectivity index (χ0) is 10.6. The fourth-order valence-electron chi connectivity index (χ4n) is 1.27. The molecule has 0 fully saturated rings. The lowest BCUT2D eigenvalue weighted by Gasteiger charge is -2.06. The van der Waals surface area contributed by atoms with Gasteiger partial charge in [0.1, 0.15) is 0 Å². The van der Waals surface area contributed by atoms with Gasteiger partial charge in [-0.2, -0.15) is 13.2 Å². The second kappa shape index (κ2) is 4.82. The van der Waals surface area contributed by atoms with E-state index in [2.05, 4.69) is 5.38 Å². The molecule has 79 valence electrons. The van der Waals surface area contributed by atoms with Crippen LogP contribution in [-0.4, -0.2) is 0 Å². The van der Waals surface area contributed by atoms with Gasteiger partial charge in [-0.3, -0.25) is 0 Å². The maximum Gasteiger partial charge on any atom is 0.418 e. The van der Waals surface area contributed by atoms with Crippen molar-refractivity contribution in [2.24, 2.45) is 0 Å². The van der Waals surface area contributed by atoms with Crippen LogP contribution in [0.5, 0.6) is 0 Å². The summed E-state index contributed by atoms with van der Waals surface area (Å²) in [5.74, 6) is 0. The summed E-state index contributed by atoms with van der Waals surface area (Å²) in [5, 5.41) is 3.84. The van der Waals surface area contributed by atoms with Crippen molar-refractivity contribution >= 4 is 11.3 Å². The molecule has 1 rings (SSSR count). The zero-order valence-electron chi connectivity index (χ0n) is 7.95. The van der Waals surface area contributed by atoms with Gasteiger partial charge in [0.25, 0.3) is 0 Å². The van der Waals surface area contributed by atoms with E-state index in [9.17, 15) is 13.2 Å². The van der Waals surface area contributed by atoms with E-state index in [4.69, 9.17) is 0 Å². The Balaban J connectivity index is 2.63. The van der Waals surface area contributed by atoms with Gasteiger partial charge in [0.05, 0.1) is 10.9 Å². The lowest BCUT2D eigenvalue weighted by Crippen LogP contribution is -2.06. The molecule has 1 aromatic rings. The van der Waals surface area contributed by atoms with Gasteiger partial charge in [-0.1, -0.05) is 19.8 Å². The van der Waals surface area contributed by atoms with Gasteiger partial charge in [0, 0.05) is 0 Å². The Hall–Kier alpha value is -0.510. The first-order valence-corrected chi connectivity index (χ1v) is 5.49. The molecule has 0 amide bonds. The first-order valence-electron chi connectivity index (χ1n) is 4.61. The molecule has 0 atom stereocenters. The van der Waals surface area contributed by atoms with E-state index in [1.807, 2.05) is 6.92 Å². The fraction of sp³-hybridized carbons (Fsp3) is 0.600. The van der Waals surface area contributed by atoms with E-state index >= 15 is 0 Å². The van der Waals surface area contributed by atoms with Crippen LogP contribution >= 0.6 is 11.3 Å². The molecule has 0 aliphatic carbocycles. The van der Waals surface area contributed by atoms with Crippen molar-refractivity contribution in [1.29, 1.82) is 0 Å². The van der Waals surface area contributed by atoms with Crippen molar-refractivity contribution in [3.05, 3.63) is 21.9 Å². The van der Waals surface area contributed by atoms with Crippen LogP contribution in [0.4, 0.5) is 13.2 Å². The Morgan fingerprint density at radius 1 is 1.36 bits per heavy atom. The third-order valence-corrected chi connectivity index (χ3v) is 2.74. The number of aryl methyl sites for hydroxylation is 1. The standard InChI is InChI=1S/C10H12F3S/c1-2-3-4-5-8-6-14-7-9(8)10(11,12)13/h6H,2-5H2,1H3. The van der Waals surface area contributed by atoms with Crippen molar-refractivity contribution in [3.8, 4) is 0 Å². The van der Waals surface area contributed by atoms with Crippen LogP contribution in [0, 0.1) is 5.38 Å². The van der Waals surface area contributed by atoms with Crippen LogP contribution in [-0.2, 0) is 12.6 Å². The summed E-state index contributed by atoms with van der Waals surface area (Å²) in [6.07, 6.45) is -0.892. The maximum atomic E-state index is 12.4. The Morgan fingerprint density at radius 3 is 2.64 bits per heavy atom. The molecule has 0 nitrogen and oxygen atoms in total. The minimum absolute atomic E-state index is 0.399. The number of thiophene rings is 1. The number of unbranched alkanes of at least 4 members (excludes halogenated alkanes) is 2. The Morgan fingerprint density at radius 2 is 2.07 bits per heavy atom. The minimum Gasteiger partial charge on any atom is -0.166 e. The van der Waals surface area contributed by atoms with Gasteiger partial charge in [-0.05, 0) is 23.8 Å². The molecular weight excluding hydrogens is 209 g/mol. The summed E-state index contributed by atoms with van der Waals surface area (Å²) in [4.78, 5) is 0. The summed E-state index contributed by atoms with van der Waals surface area (Å²) in [6, 6.07) is 0. The van der Waals surface area contributed by atoms with Crippen LogP contribution in [0.25, 0.3) is 0 Å². The Kier molecular flexibility index (Phi) is 3.98. The van der Waals surface area contributed by atoms with Crippen LogP contribution in [0.3, 0.4) is 0 Å². The zero-order valence-corrected chi connectivity index (χ0v) is 8.76. The van der Waals surface area contributed by atoms with Crippen molar-refractivity contribution in [1.82, 2.24) is 0 Å². The van der Waals surface area contributed by atoms with Crippen molar-refractivity contribution in [2.45, 2.75) is 38.8 Å². The van der Waals surface area contributed by atoms with Crippen molar-refractivity contribution in [2.75, 3.05) is 0 Å². The van der Waals surface area contributed by atoms with Crippen LogP contribution in [0.2, 0.25) is 0 Å². The monoisotopic (exact) mass is 221 g/mol. The fourth-order valence-corrected chi connectivity index (χ4v) is 2.07. The number of hydrogen-bond acceptors (Lipinski definition) is 1. The third-order valence-electron chi connectivity index (χ3n) is 2.02. The first-order chi connectivity index (χ1) is 6.55. The third kappa shape index (κ3) is 3.01. The van der Waals surface area contributed by atoms with Crippen molar-refractivity contribution in [3.63, 3.8) is 0 Å². The molecule has 0 N–H and O–H groups in total. The molecule has 0 bridgehead atoms. The predicted molar refractivity (Wildman–Crippen MR) is 51.4 cm³/mol. The topological polar surface area (TPSA) is 0 Å². The average molecular weight is 221 g/mol. The molecule has 0 aromatic carbocycles. The summed E-state index contributed by atoms with van der Waals surface area (Å²) < 4.78 is 37.1. The van der Waals surface area contributed by atoms with E-state index < -0.39 is 11.7 Å². The summed E-state index contributed by atoms with van der Waals surface area (Å²) in [6.45, 7) is 2.03. The molecule has 0 saturated carbocycles. The molecule has 0 aliphatic heterocycles. The highest BCUT2D eigenvalue weighted by molar-refractivity contribution is 7.07. The van der Waals surface area contributed by atoms with Crippen LogP contribution in [0.15, 0.2) is 5.38 Å². The molecule has 14 heavy (non-hydrogen) atoms. The Bertz CT molecular complexity index is 275. The number of halogens is 3. The number of rotatable bonds is 4. The molecule has 0 unspecified atom stereocenters. The van der Waals surface area contributed by atoms with Crippen LogP contribution < -0.4 is 0 Å². The largest absolute Gasteiger partial charge is 0.418 e. The van der Waals surface area contributed by atoms with Crippen LogP contribution in [0.1, 0.15) is 37.3 Å². The smallest absolute Gasteiger partial charge is 0.166 e. The molecule has 0 aliphatic rings. The van der Waals surface area contributed by atoms with Gasteiger partial charge in [0.15, 0.2) is 0 Å². The predicted octanol–water partition coefficient (Wildman–Crippen LogP) is 4.30.